The second kappa shape index (κ2) is 17.6. The third-order valence-electron chi connectivity index (χ3n) is 6.52. The molecule has 0 saturated heterocycles. The monoisotopic (exact) mass is 625 g/mol. The Kier molecular flexibility index (Phi) is 14.3. The van der Waals surface area contributed by atoms with Crippen molar-refractivity contribution in [1.29, 1.82) is 0 Å². The number of amides is 5. The molecule has 0 radical (unpaired) electrons. The molecule has 5 amide bonds. The van der Waals surface area contributed by atoms with Crippen molar-refractivity contribution in [3.8, 4) is 0 Å². The number of alkyl carbamates (subject to hydrolysis) is 1. The van der Waals surface area contributed by atoms with Crippen LogP contribution in [-0.2, 0) is 32.1 Å². The average molecular weight is 626 g/mol. The van der Waals surface area contributed by atoms with Gasteiger partial charge in [-0.1, -0.05) is 74.5 Å². The fourth-order valence-electron chi connectivity index (χ4n) is 4.31. The zero-order valence-electron chi connectivity index (χ0n) is 27.0. The second-order valence-electron chi connectivity index (χ2n) is 12.3. The Balaban J connectivity index is 2.28. The number of aliphatic carboxylic acids is 1. The zero-order valence-corrected chi connectivity index (χ0v) is 27.0. The van der Waals surface area contributed by atoms with E-state index in [2.05, 4.69) is 21.3 Å². The van der Waals surface area contributed by atoms with E-state index in [1.54, 1.807) is 20.8 Å². The molecule has 45 heavy (non-hydrogen) atoms. The van der Waals surface area contributed by atoms with Gasteiger partial charge in [-0.15, -0.1) is 0 Å². The summed E-state index contributed by atoms with van der Waals surface area (Å²) in [4.78, 5) is 65.4. The molecule has 2 aromatic rings. The number of ether oxygens (including phenoxy) is 1. The van der Waals surface area contributed by atoms with Gasteiger partial charge in [-0.2, -0.15) is 0 Å². The van der Waals surface area contributed by atoms with Gasteiger partial charge < -0.3 is 36.0 Å². The Morgan fingerprint density at radius 2 is 1.36 bits per heavy atom. The summed E-state index contributed by atoms with van der Waals surface area (Å²) in [5, 5.41) is 19.9. The predicted molar refractivity (Wildman–Crippen MR) is 170 cm³/mol. The summed E-state index contributed by atoms with van der Waals surface area (Å²) >= 11 is 0. The summed E-state index contributed by atoms with van der Waals surface area (Å²) in [5.41, 5.74) is 0.942. The normalized spacial score (nSPS) is 13.1. The molecule has 12 nitrogen and oxygen atoms in total. The van der Waals surface area contributed by atoms with Gasteiger partial charge in [0.25, 0.3) is 0 Å². The number of nitrogens with one attached hydrogen (secondary N) is 4. The van der Waals surface area contributed by atoms with Crippen molar-refractivity contribution in [2.75, 3.05) is 13.1 Å². The van der Waals surface area contributed by atoms with Gasteiger partial charge in [0.2, 0.25) is 11.8 Å². The van der Waals surface area contributed by atoms with Crippen LogP contribution in [0.5, 0.6) is 0 Å². The van der Waals surface area contributed by atoms with Crippen LogP contribution < -0.4 is 21.3 Å². The molecule has 246 valence electrons. The van der Waals surface area contributed by atoms with E-state index in [1.807, 2.05) is 74.5 Å². The predicted octanol–water partition coefficient (Wildman–Crippen LogP) is 3.45. The average Bonchev–Trinajstić information content (AvgIpc) is 2.95. The van der Waals surface area contributed by atoms with Crippen molar-refractivity contribution in [3.05, 3.63) is 71.8 Å². The second-order valence-corrected chi connectivity index (χ2v) is 12.3. The number of benzene rings is 2. The largest absolute Gasteiger partial charge is 0.480 e. The quantitative estimate of drug-likeness (QED) is 0.202. The number of hydrogen-bond acceptors (Lipinski definition) is 6. The molecule has 0 aromatic heterocycles. The van der Waals surface area contributed by atoms with Crippen molar-refractivity contribution in [2.24, 2.45) is 5.92 Å². The van der Waals surface area contributed by atoms with E-state index in [4.69, 9.17) is 4.74 Å². The van der Waals surface area contributed by atoms with Crippen molar-refractivity contribution in [1.82, 2.24) is 26.2 Å². The Hall–Kier alpha value is -4.61. The van der Waals surface area contributed by atoms with Crippen molar-refractivity contribution in [3.63, 3.8) is 0 Å². The van der Waals surface area contributed by atoms with Gasteiger partial charge in [-0.25, -0.2) is 9.59 Å². The molecule has 0 fully saturated rings. The van der Waals surface area contributed by atoms with Crippen molar-refractivity contribution >= 4 is 29.9 Å². The number of nitrogens with zero attached hydrogens (tertiary/aromatic N) is 1. The molecule has 2 aromatic carbocycles. The zero-order chi connectivity index (χ0) is 33.6. The highest BCUT2D eigenvalue weighted by Gasteiger charge is 2.30. The minimum atomic E-state index is -1.20. The molecule has 2 rings (SSSR count). The van der Waals surface area contributed by atoms with E-state index < -0.39 is 53.6 Å². The minimum absolute atomic E-state index is 0.00202. The van der Waals surface area contributed by atoms with Crippen LogP contribution in [0.4, 0.5) is 9.59 Å². The van der Waals surface area contributed by atoms with Crippen LogP contribution in [0.25, 0.3) is 0 Å². The van der Waals surface area contributed by atoms with Crippen LogP contribution in [0.2, 0.25) is 0 Å². The van der Waals surface area contributed by atoms with E-state index in [9.17, 15) is 29.1 Å². The lowest BCUT2D eigenvalue weighted by atomic mass is 10.0. The van der Waals surface area contributed by atoms with Gasteiger partial charge in [0.15, 0.2) is 0 Å². The van der Waals surface area contributed by atoms with E-state index in [0.29, 0.717) is 0 Å². The molecule has 0 spiro atoms. The van der Waals surface area contributed by atoms with Crippen molar-refractivity contribution in [2.45, 2.75) is 84.7 Å². The summed E-state index contributed by atoms with van der Waals surface area (Å²) < 4.78 is 5.29. The van der Waals surface area contributed by atoms with E-state index >= 15 is 0 Å². The molecular formula is C33H47N5O7. The number of carboxylic acids is 1. The highest BCUT2D eigenvalue weighted by Crippen LogP contribution is 2.11. The first-order valence-corrected chi connectivity index (χ1v) is 15.1. The van der Waals surface area contributed by atoms with E-state index in [0.717, 1.165) is 11.1 Å². The summed E-state index contributed by atoms with van der Waals surface area (Å²) in [6.07, 6.45) is -0.225. The van der Waals surface area contributed by atoms with Crippen LogP contribution in [0, 0.1) is 5.92 Å². The van der Waals surface area contributed by atoms with Gasteiger partial charge in [-0.3, -0.25) is 14.4 Å². The Labute approximate surface area is 265 Å². The fraction of sp³-hybridized carbons (Fsp3) is 0.485. The number of rotatable bonds is 15. The summed E-state index contributed by atoms with van der Waals surface area (Å²) in [5.74, 6) is -2.42. The Morgan fingerprint density at radius 3 is 1.89 bits per heavy atom. The third kappa shape index (κ3) is 14.1. The van der Waals surface area contributed by atoms with Gasteiger partial charge in [0, 0.05) is 26.1 Å². The molecule has 0 aliphatic heterocycles. The van der Waals surface area contributed by atoms with Crippen LogP contribution >= 0.6 is 0 Å². The maximum Gasteiger partial charge on any atom is 0.407 e. The smallest absolute Gasteiger partial charge is 0.407 e. The highest BCUT2D eigenvalue weighted by molar-refractivity contribution is 5.93. The SMILES string of the molecule is CC(C)C[C@@H](NC(=O)[C@@H](Cc1ccccc1)NC(=O)N(CCNC(=O)OC(C)(C)C)Cc1ccccc1)C(=O)N[C@H](C)C(=O)O. The maximum atomic E-state index is 13.7. The lowest BCUT2D eigenvalue weighted by Crippen LogP contribution is -2.57. The number of carbonyl (C=O) groups is 5. The minimum Gasteiger partial charge on any atom is -0.480 e. The van der Waals surface area contributed by atoms with Crippen LogP contribution in [-0.4, -0.2) is 76.7 Å². The van der Waals surface area contributed by atoms with Gasteiger partial charge in [0.05, 0.1) is 0 Å². The number of carboxylic acid groups (broad SMARTS) is 1. The molecular weight excluding hydrogens is 578 g/mol. The molecule has 0 saturated carbocycles. The number of hydrogen-bond donors (Lipinski definition) is 5. The van der Waals surface area contributed by atoms with Gasteiger partial charge >= 0.3 is 18.1 Å². The topological polar surface area (TPSA) is 166 Å². The molecule has 0 heterocycles. The van der Waals surface area contributed by atoms with Gasteiger partial charge in [-0.05, 0) is 51.2 Å². The fourth-order valence-corrected chi connectivity index (χ4v) is 4.31. The molecule has 12 heteroatoms. The molecule has 0 aliphatic rings. The van der Waals surface area contributed by atoms with Crippen LogP contribution in [0.3, 0.4) is 0 Å². The van der Waals surface area contributed by atoms with E-state index in [-0.39, 0.29) is 38.4 Å². The molecule has 0 aliphatic carbocycles. The summed E-state index contributed by atoms with van der Waals surface area (Å²) in [6.45, 7) is 10.8. The molecule has 0 unspecified atom stereocenters. The first-order valence-electron chi connectivity index (χ1n) is 15.1. The summed E-state index contributed by atoms with van der Waals surface area (Å²) in [6, 6.07) is 14.6. The van der Waals surface area contributed by atoms with E-state index in [1.165, 1.54) is 11.8 Å². The Morgan fingerprint density at radius 1 is 0.800 bits per heavy atom. The van der Waals surface area contributed by atoms with Gasteiger partial charge in [0.1, 0.15) is 23.7 Å². The first kappa shape index (κ1) is 36.6. The maximum absolute atomic E-state index is 13.7. The molecule has 0 bridgehead atoms. The summed E-state index contributed by atoms with van der Waals surface area (Å²) in [7, 11) is 0. The van der Waals surface area contributed by atoms with Crippen LogP contribution in [0.1, 0.15) is 59.1 Å². The molecule has 3 atom stereocenters. The van der Waals surface area contributed by atoms with Crippen molar-refractivity contribution < 1.29 is 33.8 Å². The standard InChI is InChI=1S/C33H47N5O7/c1-22(2)19-26(28(39)35-23(3)30(41)42)36-29(40)27(20-24-13-9-7-10-14-24)37-31(43)38(21-25-15-11-8-12-16-25)18-17-34-32(44)45-33(4,5)6/h7-16,22-23,26-27H,17-21H2,1-6H3,(H,34,44)(H,35,39)(H,36,40)(H,37,43)(H,41,42)/t23-,26-,27-/m1/s1. The third-order valence-corrected chi connectivity index (χ3v) is 6.52. The number of carbonyl (C=O) groups excluding carboxylic acids is 4. The van der Waals surface area contributed by atoms with Crippen LogP contribution in [0.15, 0.2) is 60.7 Å². The lowest BCUT2D eigenvalue weighted by molar-refractivity contribution is -0.141. The lowest BCUT2D eigenvalue weighted by Gasteiger charge is -2.28. The Bertz CT molecular complexity index is 1270. The molecule has 5 N–H and O–H groups in total. The first-order chi connectivity index (χ1) is 21.1. The highest BCUT2D eigenvalue weighted by atomic mass is 16.6. The number of urea groups is 1.